The number of nitrogens with one attached hydrogen (secondary N) is 2. The number of hydrazone groups is 1. The quantitative estimate of drug-likeness (QED) is 0.458. The van der Waals surface area contributed by atoms with E-state index >= 15 is 0 Å². The number of nitrogens with zero attached hydrogens (tertiary/aromatic N) is 2. The highest BCUT2D eigenvalue weighted by atomic mass is 35.5. The highest BCUT2D eigenvalue weighted by Gasteiger charge is 2.22. The SMILES string of the molecule is COc1ccc(N(CC(=O)N/N=C(/C)c2cccc(NC(C)=O)c2)S(C)(=O)=O)cc1Cl. The molecule has 0 spiro atoms. The smallest absolute Gasteiger partial charge is 0.260 e. The Morgan fingerprint density at radius 2 is 1.87 bits per heavy atom. The van der Waals surface area contributed by atoms with Crippen LogP contribution >= 0.6 is 11.6 Å². The lowest BCUT2D eigenvalue weighted by Crippen LogP contribution is -2.39. The van der Waals surface area contributed by atoms with E-state index in [-0.39, 0.29) is 16.6 Å². The Kier molecular flexibility index (Phi) is 8.01. The van der Waals surface area contributed by atoms with Gasteiger partial charge in [-0.2, -0.15) is 5.10 Å². The summed E-state index contributed by atoms with van der Waals surface area (Å²) >= 11 is 6.08. The third-order valence-corrected chi connectivity index (χ3v) is 5.50. The lowest BCUT2D eigenvalue weighted by atomic mass is 10.1. The maximum absolute atomic E-state index is 12.4. The molecule has 0 aliphatic heterocycles. The van der Waals surface area contributed by atoms with Crippen LogP contribution in [0.1, 0.15) is 19.4 Å². The summed E-state index contributed by atoms with van der Waals surface area (Å²) in [6.07, 6.45) is 0.987. The summed E-state index contributed by atoms with van der Waals surface area (Å²) in [6, 6.07) is 11.3. The third-order valence-electron chi connectivity index (χ3n) is 4.06. The average Bonchev–Trinajstić information content (AvgIpc) is 2.69. The number of carbonyl (C=O) groups is 2. The Labute approximate surface area is 186 Å². The molecule has 2 N–H and O–H groups in total. The van der Waals surface area contributed by atoms with Gasteiger partial charge in [-0.25, -0.2) is 13.8 Å². The number of rotatable bonds is 8. The largest absolute Gasteiger partial charge is 0.495 e. The molecule has 0 fully saturated rings. The van der Waals surface area contributed by atoms with Crippen molar-refractivity contribution in [3.63, 3.8) is 0 Å². The van der Waals surface area contributed by atoms with E-state index in [0.717, 1.165) is 10.6 Å². The van der Waals surface area contributed by atoms with E-state index in [1.54, 1.807) is 31.2 Å². The second-order valence-electron chi connectivity index (χ2n) is 6.58. The van der Waals surface area contributed by atoms with E-state index in [0.29, 0.717) is 22.7 Å². The van der Waals surface area contributed by atoms with Crippen molar-refractivity contribution in [1.29, 1.82) is 0 Å². The van der Waals surface area contributed by atoms with Crippen molar-refractivity contribution in [2.24, 2.45) is 5.10 Å². The van der Waals surface area contributed by atoms with Crippen LogP contribution in [0.2, 0.25) is 5.02 Å². The van der Waals surface area contributed by atoms with Crippen LogP contribution < -0.4 is 19.8 Å². The summed E-state index contributed by atoms with van der Waals surface area (Å²) < 4.78 is 30.4. The zero-order chi connectivity index (χ0) is 23.2. The summed E-state index contributed by atoms with van der Waals surface area (Å²) in [4.78, 5) is 23.6. The van der Waals surface area contributed by atoms with Crippen molar-refractivity contribution in [3.05, 3.63) is 53.1 Å². The lowest BCUT2D eigenvalue weighted by molar-refractivity contribution is -0.119. The predicted molar refractivity (Wildman–Crippen MR) is 121 cm³/mol. The van der Waals surface area contributed by atoms with Crippen molar-refractivity contribution in [3.8, 4) is 5.75 Å². The van der Waals surface area contributed by atoms with Crippen LogP contribution in [0.3, 0.4) is 0 Å². The van der Waals surface area contributed by atoms with Gasteiger partial charge in [0.25, 0.3) is 5.91 Å². The molecule has 0 saturated heterocycles. The molecule has 9 nitrogen and oxygen atoms in total. The van der Waals surface area contributed by atoms with Gasteiger partial charge in [-0.1, -0.05) is 23.7 Å². The molecule has 11 heteroatoms. The molecule has 0 aliphatic rings. The molecule has 31 heavy (non-hydrogen) atoms. The summed E-state index contributed by atoms with van der Waals surface area (Å²) in [5.41, 5.74) is 4.30. The first-order valence-electron chi connectivity index (χ1n) is 9.03. The number of ether oxygens (including phenoxy) is 1. The van der Waals surface area contributed by atoms with E-state index in [4.69, 9.17) is 16.3 Å². The standard InChI is InChI=1S/C20H23ClN4O5S/c1-13(15-6-5-7-16(10-15)22-14(2)26)23-24-20(27)12-25(31(4,28)29)17-8-9-19(30-3)18(21)11-17/h5-11H,12H2,1-4H3,(H,22,26)(H,24,27)/b23-13-. The van der Waals surface area contributed by atoms with Gasteiger partial charge in [0, 0.05) is 12.6 Å². The number of hydrogen-bond donors (Lipinski definition) is 2. The van der Waals surface area contributed by atoms with Gasteiger partial charge in [0.2, 0.25) is 15.9 Å². The molecule has 2 aromatic carbocycles. The molecule has 166 valence electrons. The Morgan fingerprint density at radius 1 is 1.16 bits per heavy atom. The van der Waals surface area contributed by atoms with Gasteiger partial charge in [-0.15, -0.1) is 0 Å². The minimum Gasteiger partial charge on any atom is -0.495 e. The van der Waals surface area contributed by atoms with Crippen molar-refractivity contribution in [1.82, 2.24) is 5.43 Å². The minimum atomic E-state index is -3.77. The van der Waals surface area contributed by atoms with Crippen molar-refractivity contribution in [2.75, 3.05) is 29.5 Å². The molecular formula is C20H23ClN4O5S. The number of methoxy groups -OCH3 is 1. The highest BCUT2D eigenvalue weighted by molar-refractivity contribution is 7.92. The maximum atomic E-state index is 12.4. The normalized spacial score (nSPS) is 11.6. The van der Waals surface area contributed by atoms with Gasteiger partial charge in [-0.05, 0) is 42.8 Å². The van der Waals surface area contributed by atoms with Gasteiger partial charge in [0.15, 0.2) is 0 Å². The van der Waals surface area contributed by atoms with Crippen LogP contribution in [-0.2, 0) is 19.6 Å². The Hall–Kier alpha value is -3.11. The molecule has 0 bridgehead atoms. The van der Waals surface area contributed by atoms with Crippen LogP contribution in [0.15, 0.2) is 47.6 Å². The summed E-state index contributed by atoms with van der Waals surface area (Å²) in [6.45, 7) is 2.58. The molecule has 0 aliphatic carbocycles. The number of amides is 2. The molecule has 0 aromatic heterocycles. The first-order chi connectivity index (χ1) is 14.5. The molecule has 0 atom stereocenters. The molecule has 2 rings (SSSR count). The number of benzene rings is 2. The Bertz CT molecular complexity index is 1120. The lowest BCUT2D eigenvalue weighted by Gasteiger charge is -2.22. The second kappa shape index (κ2) is 10.3. The molecular weight excluding hydrogens is 444 g/mol. The number of anilines is 2. The fraction of sp³-hybridized carbons (Fsp3) is 0.250. The van der Waals surface area contributed by atoms with Crippen LogP contribution in [0.5, 0.6) is 5.75 Å². The van der Waals surface area contributed by atoms with Crippen molar-refractivity contribution >= 4 is 50.5 Å². The van der Waals surface area contributed by atoms with E-state index in [1.807, 2.05) is 0 Å². The van der Waals surface area contributed by atoms with Gasteiger partial charge in [0.05, 0.1) is 29.8 Å². The molecule has 0 unspecified atom stereocenters. The molecule has 0 saturated carbocycles. The van der Waals surface area contributed by atoms with Gasteiger partial charge < -0.3 is 10.1 Å². The van der Waals surface area contributed by atoms with Crippen LogP contribution in [0.4, 0.5) is 11.4 Å². The molecule has 0 radical (unpaired) electrons. The van der Waals surface area contributed by atoms with Crippen molar-refractivity contribution < 1.29 is 22.7 Å². The number of sulfonamides is 1. The fourth-order valence-corrected chi connectivity index (χ4v) is 3.71. The van der Waals surface area contributed by atoms with Gasteiger partial charge in [0.1, 0.15) is 12.3 Å². The predicted octanol–water partition coefficient (Wildman–Crippen LogP) is 2.61. The maximum Gasteiger partial charge on any atom is 0.260 e. The molecule has 2 amide bonds. The first kappa shape index (κ1) is 24.2. The summed E-state index contributed by atoms with van der Waals surface area (Å²) in [7, 11) is -2.33. The van der Waals surface area contributed by atoms with Crippen LogP contribution in [0, 0.1) is 0 Å². The second-order valence-corrected chi connectivity index (χ2v) is 8.90. The first-order valence-corrected chi connectivity index (χ1v) is 11.3. The van der Waals surface area contributed by atoms with Crippen LogP contribution in [-0.4, -0.2) is 45.9 Å². The monoisotopic (exact) mass is 466 g/mol. The number of carbonyl (C=O) groups excluding carboxylic acids is 2. The fourth-order valence-electron chi connectivity index (χ4n) is 2.61. The van der Waals surface area contributed by atoms with Crippen molar-refractivity contribution in [2.45, 2.75) is 13.8 Å². The zero-order valence-electron chi connectivity index (χ0n) is 17.5. The minimum absolute atomic E-state index is 0.209. The van der Waals surface area contributed by atoms with E-state index in [9.17, 15) is 18.0 Å². The number of halogens is 1. The van der Waals surface area contributed by atoms with Crippen LogP contribution in [0.25, 0.3) is 0 Å². The summed E-state index contributed by atoms with van der Waals surface area (Å²) in [5.74, 6) is -0.473. The van der Waals surface area contributed by atoms with E-state index in [2.05, 4.69) is 15.8 Å². The Balaban J connectivity index is 2.16. The molecule has 0 heterocycles. The highest BCUT2D eigenvalue weighted by Crippen LogP contribution is 2.30. The third kappa shape index (κ3) is 6.97. The average molecular weight is 467 g/mol. The van der Waals surface area contributed by atoms with E-state index < -0.39 is 22.5 Å². The van der Waals surface area contributed by atoms with E-state index in [1.165, 1.54) is 32.2 Å². The molecule has 2 aromatic rings. The van der Waals surface area contributed by atoms with Gasteiger partial charge in [-0.3, -0.25) is 13.9 Å². The number of hydrogen-bond acceptors (Lipinski definition) is 6. The Morgan fingerprint density at radius 3 is 2.45 bits per heavy atom. The van der Waals surface area contributed by atoms with Gasteiger partial charge >= 0.3 is 0 Å². The summed E-state index contributed by atoms with van der Waals surface area (Å²) in [5, 5.41) is 6.90. The zero-order valence-corrected chi connectivity index (χ0v) is 19.0. The topological polar surface area (TPSA) is 117 Å².